The number of nitrogen functional groups attached to an aromatic ring is 1. The van der Waals surface area contributed by atoms with Crippen LogP contribution >= 0.6 is 15.9 Å². The van der Waals surface area contributed by atoms with Gasteiger partial charge in [0.05, 0.1) is 11.6 Å². The van der Waals surface area contributed by atoms with Crippen molar-refractivity contribution in [1.82, 2.24) is 14.6 Å². The van der Waals surface area contributed by atoms with Crippen molar-refractivity contribution in [2.45, 2.75) is 0 Å². The standard InChI is InChI=1S/C7H7BrN4O/c1-13-5-2-6-10-11-7(9)12(6)3-4(5)8/h2-3H,1H3,(H2,9,11). The molecule has 2 aromatic heterocycles. The zero-order valence-electron chi connectivity index (χ0n) is 6.86. The summed E-state index contributed by atoms with van der Waals surface area (Å²) in [5, 5.41) is 7.58. The van der Waals surface area contributed by atoms with Crippen LogP contribution in [0.3, 0.4) is 0 Å². The molecule has 0 atom stereocenters. The van der Waals surface area contributed by atoms with Crippen molar-refractivity contribution in [2.24, 2.45) is 0 Å². The number of aromatic nitrogens is 3. The van der Waals surface area contributed by atoms with Gasteiger partial charge in [0, 0.05) is 12.3 Å². The molecule has 0 bridgehead atoms. The molecule has 0 amide bonds. The van der Waals surface area contributed by atoms with E-state index < -0.39 is 0 Å². The summed E-state index contributed by atoms with van der Waals surface area (Å²) >= 11 is 3.34. The number of halogens is 1. The maximum atomic E-state index is 5.56. The van der Waals surface area contributed by atoms with E-state index >= 15 is 0 Å². The number of pyridine rings is 1. The lowest BCUT2D eigenvalue weighted by Gasteiger charge is -2.02. The van der Waals surface area contributed by atoms with E-state index in [0.29, 0.717) is 17.3 Å². The van der Waals surface area contributed by atoms with Crippen LogP contribution in [0.15, 0.2) is 16.7 Å². The van der Waals surface area contributed by atoms with E-state index in [4.69, 9.17) is 10.5 Å². The molecule has 5 nitrogen and oxygen atoms in total. The number of ether oxygens (including phenoxy) is 1. The summed E-state index contributed by atoms with van der Waals surface area (Å²) in [6, 6.07) is 1.76. The molecule has 0 aliphatic rings. The number of methoxy groups -OCH3 is 1. The van der Waals surface area contributed by atoms with Gasteiger partial charge in [-0.2, -0.15) is 0 Å². The SMILES string of the molecule is COc1cc2nnc(N)n2cc1Br. The lowest BCUT2D eigenvalue weighted by atomic mass is 10.4. The number of nitrogens with two attached hydrogens (primary N) is 1. The minimum absolute atomic E-state index is 0.360. The van der Waals surface area contributed by atoms with Gasteiger partial charge in [0.1, 0.15) is 5.75 Å². The van der Waals surface area contributed by atoms with Crippen molar-refractivity contribution in [1.29, 1.82) is 0 Å². The van der Waals surface area contributed by atoms with Gasteiger partial charge < -0.3 is 10.5 Å². The Morgan fingerprint density at radius 3 is 3.00 bits per heavy atom. The largest absolute Gasteiger partial charge is 0.495 e. The normalized spacial score (nSPS) is 10.6. The molecule has 2 heterocycles. The van der Waals surface area contributed by atoms with Gasteiger partial charge in [-0.05, 0) is 15.9 Å². The summed E-state index contributed by atoms with van der Waals surface area (Å²) in [7, 11) is 1.59. The molecule has 13 heavy (non-hydrogen) atoms. The van der Waals surface area contributed by atoms with Crippen LogP contribution in [-0.2, 0) is 0 Å². The van der Waals surface area contributed by atoms with Crippen LogP contribution in [0.4, 0.5) is 5.95 Å². The average molecular weight is 243 g/mol. The first-order chi connectivity index (χ1) is 6.22. The second-order valence-electron chi connectivity index (χ2n) is 2.48. The fraction of sp³-hybridized carbons (Fsp3) is 0.143. The summed E-state index contributed by atoms with van der Waals surface area (Å²) in [4.78, 5) is 0. The molecule has 2 rings (SSSR count). The van der Waals surface area contributed by atoms with Crippen molar-refractivity contribution < 1.29 is 4.74 Å². The Hall–Kier alpha value is -1.30. The van der Waals surface area contributed by atoms with Gasteiger partial charge in [-0.15, -0.1) is 10.2 Å². The molecule has 0 spiro atoms. The molecule has 0 saturated carbocycles. The number of hydrogen-bond acceptors (Lipinski definition) is 4. The molecule has 0 aromatic carbocycles. The summed E-state index contributed by atoms with van der Waals surface area (Å²) < 4.78 is 7.58. The van der Waals surface area contributed by atoms with E-state index in [2.05, 4.69) is 26.1 Å². The number of nitrogens with zero attached hydrogens (tertiary/aromatic N) is 3. The Bertz CT molecular complexity index is 453. The van der Waals surface area contributed by atoms with E-state index in [1.807, 2.05) is 0 Å². The Labute approximate surface area is 82.6 Å². The van der Waals surface area contributed by atoms with Gasteiger partial charge in [0.2, 0.25) is 5.95 Å². The lowest BCUT2D eigenvalue weighted by molar-refractivity contribution is 0.412. The molecule has 0 unspecified atom stereocenters. The van der Waals surface area contributed by atoms with Gasteiger partial charge in [0.25, 0.3) is 0 Å². The minimum atomic E-state index is 0.360. The Kier molecular flexibility index (Phi) is 1.84. The molecule has 0 aliphatic carbocycles. The van der Waals surface area contributed by atoms with Gasteiger partial charge >= 0.3 is 0 Å². The van der Waals surface area contributed by atoms with Gasteiger partial charge in [-0.1, -0.05) is 0 Å². The van der Waals surface area contributed by atoms with Crippen LogP contribution < -0.4 is 10.5 Å². The monoisotopic (exact) mass is 242 g/mol. The molecule has 2 aromatic rings. The molecule has 0 radical (unpaired) electrons. The first kappa shape index (κ1) is 8.31. The van der Waals surface area contributed by atoms with Crippen LogP contribution in [0, 0.1) is 0 Å². The highest BCUT2D eigenvalue weighted by molar-refractivity contribution is 9.10. The highest BCUT2D eigenvalue weighted by atomic mass is 79.9. The maximum absolute atomic E-state index is 5.56. The summed E-state index contributed by atoms with van der Waals surface area (Å²) in [5.41, 5.74) is 6.23. The van der Waals surface area contributed by atoms with Crippen molar-refractivity contribution in [2.75, 3.05) is 12.8 Å². The maximum Gasteiger partial charge on any atom is 0.226 e. The Morgan fingerprint density at radius 2 is 2.31 bits per heavy atom. The first-order valence-corrected chi connectivity index (χ1v) is 4.35. The summed E-state index contributed by atoms with van der Waals surface area (Å²) in [5.74, 6) is 1.07. The van der Waals surface area contributed by atoms with Gasteiger partial charge in [-0.3, -0.25) is 4.40 Å². The molecule has 0 aliphatic heterocycles. The predicted molar refractivity (Wildman–Crippen MR) is 51.7 cm³/mol. The molecular weight excluding hydrogens is 236 g/mol. The fourth-order valence-corrected chi connectivity index (χ4v) is 1.55. The molecule has 68 valence electrons. The molecular formula is C7H7BrN4O. The first-order valence-electron chi connectivity index (χ1n) is 3.56. The van der Waals surface area contributed by atoms with E-state index in [-0.39, 0.29) is 0 Å². The third-order valence-electron chi connectivity index (χ3n) is 1.71. The number of rotatable bonds is 1. The molecule has 6 heteroatoms. The second-order valence-corrected chi connectivity index (χ2v) is 3.33. The van der Waals surface area contributed by atoms with E-state index in [1.165, 1.54) is 0 Å². The van der Waals surface area contributed by atoms with Crippen molar-refractivity contribution in [3.05, 3.63) is 16.7 Å². The number of fused-ring (bicyclic) bond motifs is 1. The predicted octanol–water partition coefficient (Wildman–Crippen LogP) is 1.08. The third kappa shape index (κ3) is 1.23. The van der Waals surface area contributed by atoms with Crippen molar-refractivity contribution in [3.63, 3.8) is 0 Å². The van der Waals surface area contributed by atoms with E-state index in [1.54, 1.807) is 23.8 Å². The molecule has 0 saturated heterocycles. The zero-order chi connectivity index (χ0) is 9.42. The highest BCUT2D eigenvalue weighted by Gasteiger charge is 2.06. The van der Waals surface area contributed by atoms with Crippen LogP contribution in [0.25, 0.3) is 5.65 Å². The fourth-order valence-electron chi connectivity index (χ4n) is 1.07. The molecule has 0 fully saturated rings. The van der Waals surface area contributed by atoms with E-state index in [9.17, 15) is 0 Å². The lowest BCUT2D eigenvalue weighted by Crippen LogP contribution is -1.95. The van der Waals surface area contributed by atoms with Gasteiger partial charge in [0.15, 0.2) is 5.65 Å². The second kappa shape index (κ2) is 2.88. The minimum Gasteiger partial charge on any atom is -0.495 e. The zero-order valence-corrected chi connectivity index (χ0v) is 8.45. The number of anilines is 1. The average Bonchev–Trinajstić information content (AvgIpc) is 2.47. The van der Waals surface area contributed by atoms with Crippen molar-refractivity contribution >= 4 is 27.5 Å². The Morgan fingerprint density at radius 1 is 1.54 bits per heavy atom. The molecule has 2 N–H and O–H groups in total. The number of hydrogen-bond donors (Lipinski definition) is 1. The van der Waals surface area contributed by atoms with Crippen LogP contribution in [0.1, 0.15) is 0 Å². The summed E-state index contributed by atoms with van der Waals surface area (Å²) in [6.07, 6.45) is 1.77. The van der Waals surface area contributed by atoms with Crippen LogP contribution in [-0.4, -0.2) is 21.7 Å². The van der Waals surface area contributed by atoms with Crippen molar-refractivity contribution in [3.8, 4) is 5.75 Å². The van der Waals surface area contributed by atoms with E-state index in [0.717, 1.165) is 4.47 Å². The third-order valence-corrected chi connectivity index (χ3v) is 2.30. The summed E-state index contributed by atoms with van der Waals surface area (Å²) in [6.45, 7) is 0. The quantitative estimate of drug-likeness (QED) is 0.813. The Balaban J connectivity index is 2.76. The highest BCUT2D eigenvalue weighted by Crippen LogP contribution is 2.26. The van der Waals surface area contributed by atoms with Crippen LogP contribution in [0.5, 0.6) is 5.75 Å². The topological polar surface area (TPSA) is 65.4 Å². The van der Waals surface area contributed by atoms with Crippen LogP contribution in [0.2, 0.25) is 0 Å². The smallest absolute Gasteiger partial charge is 0.226 e. The van der Waals surface area contributed by atoms with Gasteiger partial charge in [-0.25, -0.2) is 0 Å².